The van der Waals surface area contributed by atoms with Crippen LogP contribution in [-0.2, 0) is 66.5 Å². The number of terminal acetylenes is 3. The quantitative estimate of drug-likeness (QED) is 0.0610. The molecule has 10 N–H and O–H groups in total. The maximum Gasteiger partial charge on any atom is 0.151 e. The summed E-state index contributed by atoms with van der Waals surface area (Å²) in [5, 5.41) is 101. The Morgan fingerprint density at radius 2 is 0.570 bits per heavy atom. The molecule has 14 aromatic rings. The molecular formula is C130H134O12. The molecule has 7 aliphatic carbocycles. The Kier molecular flexibility index (Phi) is 30.8. The van der Waals surface area contributed by atoms with Gasteiger partial charge in [-0.25, -0.2) is 0 Å². The maximum absolute atomic E-state index is 10.5. The highest BCUT2D eigenvalue weighted by atomic mass is 16.5. The van der Waals surface area contributed by atoms with Crippen molar-refractivity contribution in [2.75, 3.05) is 14.2 Å². The molecule has 12 nitrogen and oxygen atoms in total. The number of fused-ring (bicyclic) bond motifs is 7. The largest absolute Gasteiger partial charge is 0.507 e. The van der Waals surface area contributed by atoms with Crippen LogP contribution in [0.25, 0.3) is 84.0 Å². The lowest BCUT2D eigenvalue weighted by molar-refractivity contribution is 0.0806. The summed E-state index contributed by atoms with van der Waals surface area (Å²) in [6.07, 6.45) is 34.9. The van der Waals surface area contributed by atoms with Crippen LogP contribution >= 0.6 is 0 Å². The highest BCUT2D eigenvalue weighted by molar-refractivity contribution is 5.78. The first-order valence-corrected chi connectivity index (χ1v) is 49.6. The van der Waals surface area contributed by atoms with Gasteiger partial charge in [-0.2, -0.15) is 0 Å². The number of aryl methyl sites for hydroxylation is 21. The van der Waals surface area contributed by atoms with E-state index >= 15 is 0 Å². The monoisotopic (exact) mass is 1890 g/mol. The SMILES string of the molecule is C#CC1(O)CCCc2cc(-c3cc(C)c(O)c(C)c3)ccc21.C#CC1(O)CCc2cc(-c3cc(C)c(O)c(C)c3)ccc21.C#CC1(O)CCc2cc(-c3cc(C)c(OC)c(C)c3)ccc21.COC1CCc2cc(-c3cc(C)c(O)c(C)c3)ccc21.Cc1cc(-c2ccc3c(c2)C=CC3C)cc(C)c1O.Cc1cc(-c2ccc3c(c2)CCC3)cc(C)c1O.Cc1cc(-c2ccc3c(c2)CCCC3O)cc(C)c1O. The summed E-state index contributed by atoms with van der Waals surface area (Å²) in [7, 11) is 3.48. The molecule has 6 atom stereocenters. The van der Waals surface area contributed by atoms with Crippen molar-refractivity contribution < 1.29 is 60.5 Å². The van der Waals surface area contributed by atoms with Gasteiger partial charge in [0.05, 0.1) is 19.3 Å². The minimum absolute atomic E-state index is 0.252. The molecular weight excluding hydrogens is 1750 g/mol. The lowest BCUT2D eigenvalue weighted by atomic mass is 9.78. The van der Waals surface area contributed by atoms with Crippen molar-refractivity contribution in [3.05, 3.63) is 374 Å². The number of phenolic OH excluding ortho intramolecular Hbond substituents is 6. The Balaban J connectivity index is 0.000000125. The first-order valence-electron chi connectivity index (χ1n) is 49.6. The highest BCUT2D eigenvalue weighted by Crippen LogP contribution is 2.47. The fourth-order valence-corrected chi connectivity index (χ4v) is 21.7. The van der Waals surface area contributed by atoms with Gasteiger partial charge >= 0.3 is 0 Å². The van der Waals surface area contributed by atoms with Gasteiger partial charge in [-0.05, 0) is 524 Å². The predicted octanol–water partition coefficient (Wildman–Crippen LogP) is 28.3. The van der Waals surface area contributed by atoms with Gasteiger partial charge < -0.3 is 60.5 Å². The Morgan fingerprint density at radius 3 is 0.937 bits per heavy atom. The lowest BCUT2D eigenvalue weighted by Crippen LogP contribution is -2.28. The lowest BCUT2D eigenvalue weighted by Gasteiger charge is -2.30. The van der Waals surface area contributed by atoms with E-state index in [1.165, 1.54) is 91.6 Å². The minimum atomic E-state index is -1.13. The predicted molar refractivity (Wildman–Crippen MR) is 579 cm³/mol. The number of aliphatic hydroxyl groups excluding tert-OH is 1. The molecule has 0 amide bonds. The third-order valence-electron chi connectivity index (χ3n) is 29.9. The fourth-order valence-electron chi connectivity index (χ4n) is 21.7. The number of phenols is 6. The third kappa shape index (κ3) is 21.7. The van der Waals surface area contributed by atoms with E-state index < -0.39 is 16.8 Å². The number of aliphatic hydroxyl groups is 4. The van der Waals surface area contributed by atoms with Crippen molar-refractivity contribution in [2.45, 2.75) is 235 Å². The molecule has 0 saturated heterocycles. The van der Waals surface area contributed by atoms with Crippen LogP contribution in [0, 0.1) is 134 Å². The van der Waals surface area contributed by atoms with E-state index in [1.807, 2.05) is 186 Å². The summed E-state index contributed by atoms with van der Waals surface area (Å²) in [6.45, 7) is 29.5. The number of ether oxygens (including phenoxy) is 2. The van der Waals surface area contributed by atoms with Crippen LogP contribution in [0.15, 0.2) is 218 Å². The summed E-state index contributed by atoms with van der Waals surface area (Å²) in [5.74, 6) is 11.3. The molecule has 0 saturated carbocycles. The summed E-state index contributed by atoms with van der Waals surface area (Å²) in [6, 6.07) is 73.1. The topological polar surface area (TPSA) is 221 Å². The van der Waals surface area contributed by atoms with E-state index in [0.29, 0.717) is 59.7 Å². The summed E-state index contributed by atoms with van der Waals surface area (Å²) >= 11 is 0. The van der Waals surface area contributed by atoms with Gasteiger partial charge in [-0.3, -0.25) is 0 Å². The molecule has 142 heavy (non-hydrogen) atoms. The number of allylic oxidation sites excluding steroid dienone is 1. The van der Waals surface area contributed by atoms with Crippen LogP contribution in [0.4, 0.5) is 0 Å². The second-order valence-electron chi connectivity index (χ2n) is 40.2. The van der Waals surface area contributed by atoms with E-state index in [1.54, 1.807) is 14.2 Å². The molecule has 0 aromatic heterocycles. The zero-order valence-electron chi connectivity index (χ0n) is 85.2. The van der Waals surface area contributed by atoms with Crippen LogP contribution in [0.2, 0.25) is 0 Å². The van der Waals surface area contributed by atoms with E-state index in [9.17, 15) is 51.1 Å². The Morgan fingerprint density at radius 1 is 0.282 bits per heavy atom. The second kappa shape index (κ2) is 42.8. The first kappa shape index (κ1) is 102. The van der Waals surface area contributed by atoms with Crippen molar-refractivity contribution in [1.29, 1.82) is 0 Å². The zero-order valence-corrected chi connectivity index (χ0v) is 85.2. The van der Waals surface area contributed by atoms with Gasteiger partial charge in [-0.15, -0.1) is 19.3 Å². The van der Waals surface area contributed by atoms with Crippen LogP contribution in [0.5, 0.6) is 40.2 Å². The molecule has 7 aliphatic rings. The number of aromatic hydroxyl groups is 6. The average Bonchev–Trinajstić information content (AvgIpc) is 1.27. The molecule has 14 aromatic carbocycles. The number of hydrogen-bond donors (Lipinski definition) is 10. The van der Waals surface area contributed by atoms with Crippen molar-refractivity contribution in [3.63, 3.8) is 0 Å². The van der Waals surface area contributed by atoms with E-state index in [2.05, 4.69) is 160 Å². The van der Waals surface area contributed by atoms with Crippen LogP contribution in [-0.4, -0.2) is 65.3 Å². The van der Waals surface area contributed by atoms with Gasteiger partial charge in [0.25, 0.3) is 0 Å². The van der Waals surface area contributed by atoms with Crippen LogP contribution in [0.1, 0.15) is 232 Å². The standard InChI is InChI=1S/2C20H20O2.C19H18O2.2C18H20O2.C18H18O.C17H18O/c1-5-20(21)9-8-16-12-15(6-7-18(16)20)17-10-13(2)19(22-4)14(3)11-17;1-4-20(22)9-5-6-16-12-15(7-8-18(16)20)17-10-13(2)19(21)14(3)11-17;1-4-19(21)8-7-15-11-14(5-6-17(15)19)16-9-12(2)18(20)13(3)10-16;1-11-8-15(9-12(2)18(11)19)13-4-6-16-14(10-13)5-7-17(16)20-3;1-11-8-15(9-12(2)18(11)20)13-6-7-16-14(10-13)4-3-5-17(16)19;1-11-4-5-15-10-14(6-7-17(11)15)16-8-12(2)18(19)13(3)9-16;1-11-8-16(9-12(2)17(11)18)15-7-6-13-4-3-5-14(13)10-15/h1,6-7,10-12,21H,8-9H2,2-4H3;1,7-8,10-12,21-22H,5-6,9H2,2-3H3;1,5-6,9-11,20-21H,7-8H2,2-3H3;4,6,8-10,17,19H,5,7H2,1-3H3;6-10,17,19-20H,3-5H2,1-2H3;4-11,19H,1-3H3;6-10,18H,3-5H2,1-2H3. The third-order valence-corrected chi connectivity index (χ3v) is 29.9. The molecule has 0 bridgehead atoms. The van der Waals surface area contributed by atoms with Gasteiger partial charge in [-0.1, -0.05) is 158 Å². The number of methoxy groups -OCH3 is 2. The summed E-state index contributed by atoms with van der Waals surface area (Å²) in [4.78, 5) is 0. The molecule has 0 fully saturated rings. The maximum atomic E-state index is 10.5. The van der Waals surface area contributed by atoms with E-state index in [4.69, 9.17) is 28.7 Å². The van der Waals surface area contributed by atoms with Crippen molar-refractivity contribution in [1.82, 2.24) is 0 Å². The first-order chi connectivity index (χ1) is 67.7. The van der Waals surface area contributed by atoms with Crippen LogP contribution in [0.3, 0.4) is 0 Å². The molecule has 726 valence electrons. The fraction of sp³-hybridized carbons (Fsp3) is 0.292. The molecule has 12 heteroatoms. The zero-order chi connectivity index (χ0) is 102. The highest BCUT2D eigenvalue weighted by Gasteiger charge is 2.38. The van der Waals surface area contributed by atoms with E-state index in [-0.39, 0.29) is 12.2 Å². The molecule has 0 heterocycles. The number of benzene rings is 14. The Labute approximate surface area is 839 Å². The number of rotatable bonds is 9. The second-order valence-corrected chi connectivity index (χ2v) is 40.2. The Hall–Kier alpha value is -14.1. The molecule has 6 unspecified atom stereocenters. The van der Waals surface area contributed by atoms with Gasteiger partial charge in [0.1, 0.15) is 40.2 Å². The average molecular weight is 1890 g/mol. The van der Waals surface area contributed by atoms with E-state index in [0.717, 1.165) is 225 Å². The van der Waals surface area contributed by atoms with Gasteiger partial charge in [0.2, 0.25) is 0 Å². The molecule has 0 spiro atoms. The smallest absolute Gasteiger partial charge is 0.151 e. The van der Waals surface area contributed by atoms with Crippen molar-refractivity contribution in [2.24, 2.45) is 0 Å². The summed E-state index contributed by atoms with van der Waals surface area (Å²) in [5.41, 5.74) is 42.6. The Bertz CT molecular complexity index is 7220. The molecule has 0 radical (unpaired) electrons. The van der Waals surface area contributed by atoms with Crippen molar-refractivity contribution in [3.8, 4) is 155 Å². The van der Waals surface area contributed by atoms with Crippen LogP contribution < -0.4 is 4.74 Å². The molecule has 21 rings (SSSR count). The minimum Gasteiger partial charge on any atom is -0.507 e. The van der Waals surface area contributed by atoms with Crippen molar-refractivity contribution >= 4 is 6.08 Å². The van der Waals surface area contributed by atoms with Gasteiger partial charge in [0, 0.05) is 7.11 Å². The normalized spacial score (nSPS) is 18.1. The molecule has 0 aliphatic heterocycles. The summed E-state index contributed by atoms with van der Waals surface area (Å²) < 4.78 is 10.9. The number of hydrogen-bond acceptors (Lipinski definition) is 12. The van der Waals surface area contributed by atoms with Gasteiger partial charge in [0.15, 0.2) is 16.8 Å².